The molecule has 0 aromatic carbocycles. The molecule has 6 nitrogen and oxygen atoms in total. The average Bonchev–Trinajstić information content (AvgIpc) is 2.47. The average molecular weight is 321 g/mol. The van der Waals surface area contributed by atoms with E-state index in [0.29, 0.717) is 6.54 Å². The van der Waals surface area contributed by atoms with Crippen molar-refractivity contribution in [2.75, 3.05) is 19.6 Å². The van der Waals surface area contributed by atoms with Gasteiger partial charge in [-0.1, -0.05) is 6.07 Å². The predicted octanol–water partition coefficient (Wildman–Crippen LogP) is 0.852. The molecule has 1 saturated heterocycles. The summed E-state index contributed by atoms with van der Waals surface area (Å²) < 4.78 is 7.17. The highest BCUT2D eigenvalue weighted by molar-refractivity contribution is 5.75. The molecule has 23 heavy (non-hydrogen) atoms. The van der Waals surface area contributed by atoms with Crippen molar-refractivity contribution in [3.05, 3.63) is 34.7 Å². The van der Waals surface area contributed by atoms with Crippen LogP contribution in [0.4, 0.5) is 0 Å². The summed E-state index contributed by atoms with van der Waals surface area (Å²) in [5.74, 6) is -0.152. The van der Waals surface area contributed by atoms with Gasteiger partial charge in [-0.25, -0.2) is 0 Å². The molecule has 0 aliphatic carbocycles. The maximum Gasteiger partial charge on any atom is 0.250 e. The van der Waals surface area contributed by atoms with Gasteiger partial charge in [-0.15, -0.1) is 0 Å². The van der Waals surface area contributed by atoms with E-state index >= 15 is 0 Å². The van der Waals surface area contributed by atoms with Crippen molar-refractivity contribution in [3.63, 3.8) is 0 Å². The maximum absolute atomic E-state index is 12.1. The number of amides is 1. The smallest absolute Gasteiger partial charge is 0.250 e. The van der Waals surface area contributed by atoms with Gasteiger partial charge in [0.25, 0.3) is 5.56 Å². The van der Waals surface area contributed by atoms with Crippen LogP contribution >= 0.6 is 0 Å². The molecular formula is C17H27N3O3. The molecule has 2 heterocycles. The first-order valence-electron chi connectivity index (χ1n) is 8.10. The van der Waals surface area contributed by atoms with Gasteiger partial charge in [0.05, 0.1) is 12.2 Å². The molecule has 1 amide bonds. The zero-order valence-electron chi connectivity index (χ0n) is 14.4. The highest BCUT2D eigenvalue weighted by Gasteiger charge is 2.33. The van der Waals surface area contributed by atoms with Crippen molar-refractivity contribution in [3.8, 4) is 0 Å². The third kappa shape index (κ3) is 4.91. The van der Waals surface area contributed by atoms with Crippen LogP contribution in [-0.4, -0.2) is 52.8 Å². The number of ether oxygens (including phenoxy) is 1. The number of carbonyl (C=O) groups is 1. The first kappa shape index (κ1) is 17.7. The molecule has 1 aromatic rings. The van der Waals surface area contributed by atoms with Crippen LogP contribution in [0.1, 0.15) is 27.7 Å². The van der Waals surface area contributed by atoms with Crippen LogP contribution in [-0.2, 0) is 16.1 Å². The lowest BCUT2D eigenvalue weighted by atomic mass is 10.00. The molecule has 0 bridgehead atoms. The molecule has 1 aliphatic rings. The first-order chi connectivity index (χ1) is 10.8. The molecule has 1 fully saturated rings. The van der Waals surface area contributed by atoms with Crippen LogP contribution in [0, 0.1) is 0 Å². The third-order valence-corrected chi connectivity index (χ3v) is 4.21. The Morgan fingerprint density at radius 2 is 1.96 bits per heavy atom. The van der Waals surface area contributed by atoms with E-state index in [1.165, 1.54) is 10.6 Å². The molecule has 1 aromatic heterocycles. The lowest BCUT2D eigenvalue weighted by Crippen LogP contribution is -2.58. The topological polar surface area (TPSA) is 63.6 Å². The van der Waals surface area contributed by atoms with Crippen molar-refractivity contribution in [2.45, 2.75) is 52.0 Å². The Morgan fingerprint density at radius 3 is 2.57 bits per heavy atom. The number of pyridine rings is 1. The van der Waals surface area contributed by atoms with Gasteiger partial charge in [0.1, 0.15) is 6.54 Å². The molecule has 0 spiro atoms. The van der Waals surface area contributed by atoms with E-state index in [0.717, 1.165) is 13.1 Å². The second-order valence-electron chi connectivity index (χ2n) is 6.92. The van der Waals surface area contributed by atoms with E-state index in [1.54, 1.807) is 18.3 Å². The second-order valence-corrected chi connectivity index (χ2v) is 6.92. The number of nitrogens with one attached hydrogen (secondary N) is 1. The fraction of sp³-hybridized carbons (Fsp3) is 0.647. The number of morpholine rings is 1. The maximum atomic E-state index is 12.1. The van der Waals surface area contributed by atoms with E-state index in [9.17, 15) is 9.59 Å². The van der Waals surface area contributed by atoms with Crippen LogP contribution in [0.3, 0.4) is 0 Å². The van der Waals surface area contributed by atoms with Gasteiger partial charge in [0.15, 0.2) is 0 Å². The Balaban J connectivity index is 1.89. The molecule has 0 saturated carbocycles. The zero-order valence-corrected chi connectivity index (χ0v) is 14.4. The molecule has 0 radical (unpaired) electrons. The summed E-state index contributed by atoms with van der Waals surface area (Å²) in [5, 5.41) is 2.94. The minimum Gasteiger partial charge on any atom is -0.373 e. The quantitative estimate of drug-likeness (QED) is 0.873. The van der Waals surface area contributed by atoms with Crippen molar-refractivity contribution in [2.24, 2.45) is 0 Å². The van der Waals surface area contributed by atoms with E-state index in [1.807, 2.05) is 0 Å². The summed E-state index contributed by atoms with van der Waals surface area (Å²) in [4.78, 5) is 26.1. The largest absolute Gasteiger partial charge is 0.373 e. The number of rotatable bonds is 5. The lowest BCUT2D eigenvalue weighted by Gasteiger charge is -2.45. The Morgan fingerprint density at radius 1 is 1.30 bits per heavy atom. The molecule has 2 rings (SSSR count). The van der Waals surface area contributed by atoms with E-state index in [2.05, 4.69) is 37.9 Å². The van der Waals surface area contributed by atoms with Crippen LogP contribution in [0.25, 0.3) is 0 Å². The Bertz CT molecular complexity index is 587. The summed E-state index contributed by atoms with van der Waals surface area (Å²) in [6.07, 6.45) is 2.01. The molecule has 2 unspecified atom stereocenters. The van der Waals surface area contributed by atoms with Crippen LogP contribution < -0.4 is 10.9 Å². The minimum atomic E-state index is -0.169. The highest BCUT2D eigenvalue weighted by Crippen LogP contribution is 2.20. The van der Waals surface area contributed by atoms with Crippen molar-refractivity contribution < 1.29 is 9.53 Å². The van der Waals surface area contributed by atoms with Crippen LogP contribution in [0.5, 0.6) is 0 Å². The van der Waals surface area contributed by atoms with E-state index < -0.39 is 0 Å². The molecular weight excluding hydrogens is 294 g/mol. The zero-order chi connectivity index (χ0) is 17.0. The summed E-state index contributed by atoms with van der Waals surface area (Å²) in [7, 11) is 0. The molecule has 6 heteroatoms. The second kappa shape index (κ2) is 7.27. The molecule has 1 N–H and O–H groups in total. The summed E-state index contributed by atoms with van der Waals surface area (Å²) in [5.41, 5.74) is -0.332. The SMILES string of the molecule is CC1CN(C(C)(C)CNC(=O)Cn2ccccc2=O)CC(C)O1. The van der Waals surface area contributed by atoms with E-state index in [-0.39, 0.29) is 35.8 Å². The fourth-order valence-corrected chi connectivity index (χ4v) is 2.90. The number of hydrogen-bond donors (Lipinski definition) is 1. The predicted molar refractivity (Wildman–Crippen MR) is 89.4 cm³/mol. The van der Waals surface area contributed by atoms with Gasteiger partial charge in [0.2, 0.25) is 5.91 Å². The van der Waals surface area contributed by atoms with Gasteiger partial charge < -0.3 is 14.6 Å². The fourth-order valence-electron chi connectivity index (χ4n) is 2.90. The standard InChI is InChI=1S/C17H27N3O3/c1-13-9-20(10-14(2)23-13)17(3,4)12-18-15(21)11-19-8-6-5-7-16(19)22/h5-8,13-14H,9-12H2,1-4H3,(H,18,21). The summed E-state index contributed by atoms with van der Waals surface area (Å²) in [6.45, 7) is 10.7. The first-order valence-corrected chi connectivity index (χ1v) is 8.10. The monoisotopic (exact) mass is 321 g/mol. The van der Waals surface area contributed by atoms with E-state index in [4.69, 9.17) is 4.74 Å². The number of hydrogen-bond acceptors (Lipinski definition) is 4. The van der Waals surface area contributed by atoms with Gasteiger partial charge in [0, 0.05) is 37.4 Å². The number of aromatic nitrogens is 1. The van der Waals surface area contributed by atoms with Gasteiger partial charge in [-0.05, 0) is 33.8 Å². The third-order valence-electron chi connectivity index (χ3n) is 4.21. The summed E-state index contributed by atoms with van der Waals surface area (Å²) >= 11 is 0. The van der Waals surface area contributed by atoms with Crippen LogP contribution in [0.15, 0.2) is 29.2 Å². The number of carbonyl (C=O) groups excluding carboxylic acids is 1. The highest BCUT2D eigenvalue weighted by atomic mass is 16.5. The Labute approximate surface area is 137 Å². The Hall–Kier alpha value is -1.66. The van der Waals surface area contributed by atoms with Crippen LogP contribution in [0.2, 0.25) is 0 Å². The van der Waals surface area contributed by atoms with Gasteiger partial charge in [-0.3, -0.25) is 14.5 Å². The normalized spacial score (nSPS) is 22.8. The minimum absolute atomic E-state index is 0.0473. The summed E-state index contributed by atoms with van der Waals surface area (Å²) in [6, 6.07) is 4.86. The number of nitrogens with zero attached hydrogens (tertiary/aromatic N) is 2. The lowest BCUT2D eigenvalue weighted by molar-refractivity contribution is -0.123. The Kier molecular flexibility index (Phi) is 5.59. The van der Waals surface area contributed by atoms with Crippen molar-refractivity contribution in [1.82, 2.24) is 14.8 Å². The van der Waals surface area contributed by atoms with Gasteiger partial charge in [-0.2, -0.15) is 0 Å². The molecule has 128 valence electrons. The molecule has 2 atom stereocenters. The van der Waals surface area contributed by atoms with Crippen molar-refractivity contribution in [1.29, 1.82) is 0 Å². The van der Waals surface area contributed by atoms with Gasteiger partial charge >= 0.3 is 0 Å². The van der Waals surface area contributed by atoms with Crippen molar-refractivity contribution >= 4 is 5.91 Å². The molecule has 1 aliphatic heterocycles.